The number of halogens is 1. The van der Waals surface area contributed by atoms with E-state index in [1.165, 1.54) is 20.0 Å². The van der Waals surface area contributed by atoms with Crippen LogP contribution in [-0.4, -0.2) is 18.9 Å². The highest BCUT2D eigenvalue weighted by atomic mass is 19.1. The van der Waals surface area contributed by atoms with Crippen LogP contribution in [0.5, 0.6) is 0 Å². The van der Waals surface area contributed by atoms with Gasteiger partial charge in [-0.3, -0.25) is 0 Å². The van der Waals surface area contributed by atoms with Crippen LogP contribution in [0.3, 0.4) is 0 Å². The van der Waals surface area contributed by atoms with E-state index in [0.29, 0.717) is 5.46 Å². The number of hydrogen-bond acceptors (Lipinski definition) is 1. The summed E-state index contributed by atoms with van der Waals surface area (Å²) < 4.78 is 12.6. The Hall–Kier alpha value is -1.32. The van der Waals surface area contributed by atoms with Gasteiger partial charge in [-0.15, -0.1) is 0 Å². The zero-order chi connectivity index (χ0) is 8.43. The maximum absolute atomic E-state index is 12.6. The lowest BCUT2D eigenvalue weighted by molar-refractivity contribution is 0.0697. The van der Waals surface area contributed by atoms with E-state index in [-0.39, 0.29) is 11.4 Å². The molecular formula is C7H6BFO2. The lowest BCUT2D eigenvalue weighted by atomic mass is 9.94. The molecule has 0 aliphatic heterocycles. The molecule has 0 spiro atoms. The van der Waals surface area contributed by atoms with Crippen LogP contribution in [0.4, 0.5) is 4.39 Å². The summed E-state index contributed by atoms with van der Waals surface area (Å²) >= 11 is 0. The maximum atomic E-state index is 12.6. The number of rotatable bonds is 1. The predicted molar refractivity (Wildman–Crippen MR) is 41.5 cm³/mol. The van der Waals surface area contributed by atoms with Gasteiger partial charge >= 0.3 is 5.97 Å². The van der Waals surface area contributed by atoms with E-state index in [1.54, 1.807) is 0 Å². The van der Waals surface area contributed by atoms with Gasteiger partial charge in [0.15, 0.2) is 0 Å². The lowest BCUT2D eigenvalue weighted by Crippen LogP contribution is -2.11. The minimum absolute atomic E-state index is 0.115. The number of carbonyl (C=O) groups is 1. The van der Waals surface area contributed by atoms with Crippen molar-refractivity contribution in [3.05, 3.63) is 29.6 Å². The van der Waals surface area contributed by atoms with Crippen LogP contribution in [0.25, 0.3) is 0 Å². The average molecular weight is 152 g/mol. The van der Waals surface area contributed by atoms with E-state index in [0.717, 1.165) is 6.07 Å². The van der Waals surface area contributed by atoms with E-state index < -0.39 is 5.97 Å². The number of hydrogen-bond donors (Lipinski definition) is 1. The topological polar surface area (TPSA) is 37.3 Å². The highest BCUT2D eigenvalue weighted by molar-refractivity contribution is 6.32. The average Bonchev–Trinajstić information content (AvgIpc) is 1.94. The van der Waals surface area contributed by atoms with Gasteiger partial charge in [0.25, 0.3) is 0 Å². The molecule has 1 aromatic rings. The molecule has 0 amide bonds. The van der Waals surface area contributed by atoms with Crippen molar-refractivity contribution in [1.29, 1.82) is 0 Å². The van der Waals surface area contributed by atoms with Crippen LogP contribution >= 0.6 is 0 Å². The van der Waals surface area contributed by atoms with Crippen molar-refractivity contribution >= 4 is 19.3 Å². The summed E-state index contributed by atoms with van der Waals surface area (Å²) in [5.74, 6) is -1.41. The zero-order valence-corrected chi connectivity index (χ0v) is 5.97. The lowest BCUT2D eigenvalue weighted by Gasteiger charge is -1.96. The van der Waals surface area contributed by atoms with Crippen molar-refractivity contribution in [3.63, 3.8) is 0 Å². The second kappa shape index (κ2) is 2.74. The predicted octanol–water partition coefficient (Wildman–Crippen LogP) is -0.218. The first-order valence-electron chi connectivity index (χ1n) is 3.10. The minimum Gasteiger partial charge on any atom is -0.478 e. The fraction of sp³-hybridized carbons (Fsp3) is 0. The summed E-state index contributed by atoms with van der Waals surface area (Å²) in [5.41, 5.74) is 0.466. The second-order valence-electron chi connectivity index (χ2n) is 2.27. The molecule has 0 atom stereocenters. The SMILES string of the molecule is Bc1cc(C(=O)O)ccc1F. The molecule has 1 rings (SSSR count). The molecule has 0 bridgehead atoms. The van der Waals surface area contributed by atoms with Gasteiger partial charge in [-0.2, -0.15) is 0 Å². The van der Waals surface area contributed by atoms with Crippen molar-refractivity contribution in [3.8, 4) is 0 Å². The van der Waals surface area contributed by atoms with Crippen LogP contribution in [0.2, 0.25) is 0 Å². The van der Waals surface area contributed by atoms with Crippen molar-refractivity contribution in [2.45, 2.75) is 0 Å². The molecule has 0 unspecified atom stereocenters. The normalized spacial score (nSPS) is 9.55. The van der Waals surface area contributed by atoms with Gasteiger partial charge in [-0.25, -0.2) is 9.18 Å². The third kappa shape index (κ3) is 1.58. The zero-order valence-electron chi connectivity index (χ0n) is 5.97. The molecule has 4 heteroatoms. The number of carboxylic acids is 1. The quantitative estimate of drug-likeness (QED) is 0.565. The number of carboxylic acid groups (broad SMARTS) is 1. The maximum Gasteiger partial charge on any atom is 0.335 e. The number of aromatic carboxylic acids is 1. The molecule has 2 nitrogen and oxygen atoms in total. The Balaban J connectivity index is 3.15. The first kappa shape index (κ1) is 7.79. The standard InChI is InChI=1S/C7H6BFO2/c8-5-3-4(7(10)11)1-2-6(5)9/h1-3H,8H2,(H,10,11). The van der Waals surface area contributed by atoms with Gasteiger partial charge in [-0.05, 0) is 12.1 Å². The summed E-state index contributed by atoms with van der Waals surface area (Å²) in [6, 6.07) is 3.70. The van der Waals surface area contributed by atoms with Crippen molar-refractivity contribution in [2.24, 2.45) is 0 Å². The van der Waals surface area contributed by atoms with Crippen molar-refractivity contribution in [2.75, 3.05) is 0 Å². The molecule has 56 valence electrons. The Morgan fingerprint density at radius 2 is 2.18 bits per heavy atom. The summed E-state index contributed by atoms with van der Waals surface area (Å²) in [5, 5.41) is 8.48. The molecular weight excluding hydrogens is 146 g/mol. The number of benzene rings is 1. The van der Waals surface area contributed by atoms with Gasteiger partial charge in [-0.1, -0.05) is 11.5 Å². The molecule has 0 heterocycles. The molecule has 0 radical (unpaired) electrons. The van der Waals surface area contributed by atoms with Gasteiger partial charge in [0.1, 0.15) is 13.7 Å². The molecule has 1 N–H and O–H groups in total. The van der Waals surface area contributed by atoms with E-state index in [4.69, 9.17) is 5.11 Å². The molecule has 0 saturated heterocycles. The van der Waals surface area contributed by atoms with Gasteiger partial charge in [0.05, 0.1) is 5.56 Å². The van der Waals surface area contributed by atoms with Crippen LogP contribution in [0, 0.1) is 5.82 Å². The Kier molecular flexibility index (Phi) is 1.94. The fourth-order valence-electron chi connectivity index (χ4n) is 0.778. The molecule has 0 saturated carbocycles. The summed E-state index contributed by atoms with van der Waals surface area (Å²) in [6.07, 6.45) is 0. The summed E-state index contributed by atoms with van der Waals surface area (Å²) in [4.78, 5) is 10.3. The van der Waals surface area contributed by atoms with Crippen LogP contribution in [0.15, 0.2) is 18.2 Å². The van der Waals surface area contributed by atoms with Gasteiger partial charge in [0, 0.05) is 0 Å². The molecule has 0 fully saturated rings. The van der Waals surface area contributed by atoms with Crippen LogP contribution < -0.4 is 5.46 Å². The highest BCUT2D eigenvalue weighted by Gasteiger charge is 2.03. The van der Waals surface area contributed by atoms with E-state index in [9.17, 15) is 9.18 Å². The van der Waals surface area contributed by atoms with Gasteiger partial charge < -0.3 is 5.11 Å². The fourth-order valence-corrected chi connectivity index (χ4v) is 0.778. The smallest absolute Gasteiger partial charge is 0.335 e. The molecule has 0 aromatic heterocycles. The van der Waals surface area contributed by atoms with Crippen LogP contribution in [-0.2, 0) is 0 Å². The minimum atomic E-state index is -1.03. The van der Waals surface area contributed by atoms with E-state index in [1.807, 2.05) is 0 Å². The Labute approximate surface area is 64.1 Å². The Morgan fingerprint density at radius 3 is 2.64 bits per heavy atom. The monoisotopic (exact) mass is 152 g/mol. The van der Waals surface area contributed by atoms with E-state index >= 15 is 0 Å². The van der Waals surface area contributed by atoms with Crippen molar-refractivity contribution < 1.29 is 14.3 Å². The highest BCUT2D eigenvalue weighted by Crippen LogP contribution is 1.98. The third-order valence-electron chi connectivity index (χ3n) is 1.40. The molecule has 0 aliphatic carbocycles. The Bertz CT molecular complexity index is 298. The van der Waals surface area contributed by atoms with Crippen molar-refractivity contribution in [1.82, 2.24) is 0 Å². The molecule has 1 aromatic carbocycles. The largest absolute Gasteiger partial charge is 0.478 e. The Morgan fingerprint density at radius 1 is 1.55 bits per heavy atom. The first-order chi connectivity index (χ1) is 5.11. The van der Waals surface area contributed by atoms with Crippen LogP contribution in [0.1, 0.15) is 10.4 Å². The van der Waals surface area contributed by atoms with Gasteiger partial charge in [0.2, 0.25) is 0 Å². The van der Waals surface area contributed by atoms with E-state index in [2.05, 4.69) is 0 Å². The first-order valence-corrected chi connectivity index (χ1v) is 3.10. The second-order valence-corrected chi connectivity index (χ2v) is 2.27. The third-order valence-corrected chi connectivity index (χ3v) is 1.40. The summed E-state index contributed by atoms with van der Waals surface area (Å²) in [7, 11) is 1.53. The summed E-state index contributed by atoms with van der Waals surface area (Å²) in [6.45, 7) is 0. The molecule has 0 aliphatic rings. The molecule has 11 heavy (non-hydrogen) atoms.